The number of amides is 2. The lowest BCUT2D eigenvalue weighted by Crippen LogP contribution is -2.60. The summed E-state index contributed by atoms with van der Waals surface area (Å²) in [5, 5.41) is 2.79. The van der Waals surface area contributed by atoms with E-state index in [4.69, 9.17) is 0 Å². The van der Waals surface area contributed by atoms with E-state index in [0.717, 1.165) is 25.7 Å². The average Bonchev–Trinajstić information content (AvgIpc) is 2.30. The molecule has 0 aliphatic carbocycles. The van der Waals surface area contributed by atoms with Gasteiger partial charge in [0.15, 0.2) is 0 Å². The van der Waals surface area contributed by atoms with Crippen LogP contribution in [-0.2, 0) is 9.59 Å². The Morgan fingerprint density at radius 1 is 1.28 bits per heavy atom. The smallest absolute Gasteiger partial charge is 0.245 e. The average molecular weight is 254 g/mol. The molecule has 2 unspecified atom stereocenters. The molecule has 1 saturated heterocycles. The third-order valence-electron chi connectivity index (χ3n) is 3.50. The van der Waals surface area contributed by atoms with Crippen LogP contribution in [0.25, 0.3) is 0 Å². The van der Waals surface area contributed by atoms with E-state index in [-0.39, 0.29) is 30.4 Å². The summed E-state index contributed by atoms with van der Waals surface area (Å²) in [4.78, 5) is 25.7. The molecular weight excluding hydrogens is 228 g/mol. The highest BCUT2D eigenvalue weighted by Gasteiger charge is 2.34. The fourth-order valence-electron chi connectivity index (χ4n) is 2.32. The number of hydrogen-bond donors (Lipinski definition) is 1. The van der Waals surface area contributed by atoms with Crippen LogP contribution in [0.2, 0.25) is 0 Å². The summed E-state index contributed by atoms with van der Waals surface area (Å²) in [5.74, 6) is 0.699. The van der Waals surface area contributed by atoms with Crippen molar-refractivity contribution in [3.8, 4) is 0 Å². The molecule has 4 nitrogen and oxygen atoms in total. The third kappa shape index (κ3) is 4.00. The van der Waals surface area contributed by atoms with E-state index in [0.29, 0.717) is 5.92 Å². The standard InChI is InChI=1S/C14H26N2O2/c1-5-6-12-14(18)16(9-13(17)15-12)11(4)8-7-10(2)3/h10-12H,5-9H2,1-4H3,(H,15,17). The quantitative estimate of drug-likeness (QED) is 0.787. The van der Waals surface area contributed by atoms with E-state index < -0.39 is 0 Å². The minimum atomic E-state index is -0.308. The Hall–Kier alpha value is -1.06. The van der Waals surface area contributed by atoms with Crippen molar-refractivity contribution < 1.29 is 9.59 Å². The molecule has 0 bridgehead atoms. The van der Waals surface area contributed by atoms with Gasteiger partial charge in [-0.3, -0.25) is 9.59 Å². The third-order valence-corrected chi connectivity index (χ3v) is 3.50. The summed E-state index contributed by atoms with van der Waals surface area (Å²) in [6.07, 6.45) is 3.70. The van der Waals surface area contributed by atoms with Gasteiger partial charge in [-0.1, -0.05) is 27.2 Å². The molecule has 1 N–H and O–H groups in total. The first kappa shape index (κ1) is 15.0. The Kier molecular flexibility index (Phi) is 5.63. The van der Waals surface area contributed by atoms with Gasteiger partial charge in [0, 0.05) is 6.04 Å². The molecule has 1 aliphatic heterocycles. The summed E-state index contributed by atoms with van der Waals surface area (Å²) < 4.78 is 0. The van der Waals surface area contributed by atoms with Gasteiger partial charge in [0.25, 0.3) is 0 Å². The van der Waals surface area contributed by atoms with Crippen LogP contribution in [0, 0.1) is 5.92 Å². The normalized spacial score (nSPS) is 22.3. The van der Waals surface area contributed by atoms with Crippen LogP contribution >= 0.6 is 0 Å². The summed E-state index contributed by atoms with van der Waals surface area (Å²) in [6.45, 7) is 8.65. The Bertz CT molecular complexity index is 302. The predicted molar refractivity (Wildman–Crippen MR) is 72.1 cm³/mol. The van der Waals surface area contributed by atoms with E-state index >= 15 is 0 Å². The highest BCUT2D eigenvalue weighted by atomic mass is 16.2. The lowest BCUT2D eigenvalue weighted by atomic mass is 10.0. The number of nitrogens with zero attached hydrogens (tertiary/aromatic N) is 1. The van der Waals surface area contributed by atoms with E-state index in [1.165, 1.54) is 0 Å². The minimum Gasteiger partial charge on any atom is -0.343 e. The molecule has 4 heteroatoms. The maximum Gasteiger partial charge on any atom is 0.245 e. The van der Waals surface area contributed by atoms with Crippen molar-refractivity contribution in [1.82, 2.24) is 10.2 Å². The van der Waals surface area contributed by atoms with E-state index in [9.17, 15) is 9.59 Å². The van der Waals surface area contributed by atoms with Crippen LogP contribution in [0.5, 0.6) is 0 Å². The second-order valence-electron chi connectivity index (χ2n) is 5.70. The first-order chi connectivity index (χ1) is 8.45. The van der Waals surface area contributed by atoms with Crippen LogP contribution < -0.4 is 5.32 Å². The lowest BCUT2D eigenvalue weighted by molar-refractivity contribution is -0.146. The van der Waals surface area contributed by atoms with Crippen molar-refractivity contribution in [2.45, 2.75) is 65.5 Å². The van der Waals surface area contributed by atoms with Crippen molar-refractivity contribution in [2.75, 3.05) is 6.54 Å². The van der Waals surface area contributed by atoms with Gasteiger partial charge in [-0.05, 0) is 32.1 Å². The highest BCUT2D eigenvalue weighted by Crippen LogP contribution is 2.16. The molecule has 0 aromatic heterocycles. The van der Waals surface area contributed by atoms with Crippen molar-refractivity contribution in [3.05, 3.63) is 0 Å². The summed E-state index contributed by atoms with van der Waals surface area (Å²) in [6, 6.07) is -0.150. The number of nitrogens with one attached hydrogen (secondary N) is 1. The molecule has 1 aliphatic rings. The first-order valence-corrected chi connectivity index (χ1v) is 7.05. The molecule has 0 radical (unpaired) electrons. The van der Waals surface area contributed by atoms with E-state index in [2.05, 4.69) is 19.2 Å². The van der Waals surface area contributed by atoms with Gasteiger partial charge >= 0.3 is 0 Å². The molecule has 104 valence electrons. The SMILES string of the molecule is CCCC1NC(=O)CN(C(C)CCC(C)C)C1=O. The molecule has 2 amide bonds. The van der Waals surface area contributed by atoms with Crippen molar-refractivity contribution in [2.24, 2.45) is 5.92 Å². The van der Waals surface area contributed by atoms with Gasteiger partial charge in [0.1, 0.15) is 6.04 Å². The number of rotatable bonds is 6. The van der Waals surface area contributed by atoms with Crippen LogP contribution in [0.4, 0.5) is 0 Å². The second-order valence-corrected chi connectivity index (χ2v) is 5.70. The number of carbonyl (C=O) groups is 2. The Labute approximate surface area is 110 Å². The molecular formula is C14H26N2O2. The summed E-state index contributed by atoms with van der Waals surface area (Å²) in [7, 11) is 0. The van der Waals surface area contributed by atoms with Crippen LogP contribution in [-0.4, -0.2) is 35.3 Å². The van der Waals surface area contributed by atoms with Gasteiger partial charge in [-0.15, -0.1) is 0 Å². The predicted octanol–water partition coefficient (Wildman–Crippen LogP) is 1.94. The first-order valence-electron chi connectivity index (χ1n) is 7.05. The molecule has 0 spiro atoms. The molecule has 18 heavy (non-hydrogen) atoms. The fraction of sp³-hybridized carbons (Fsp3) is 0.857. The topological polar surface area (TPSA) is 49.4 Å². The Morgan fingerprint density at radius 3 is 2.50 bits per heavy atom. The van der Waals surface area contributed by atoms with Crippen molar-refractivity contribution >= 4 is 11.8 Å². The van der Waals surface area contributed by atoms with Crippen LogP contribution in [0.3, 0.4) is 0 Å². The number of hydrogen-bond acceptors (Lipinski definition) is 2. The zero-order chi connectivity index (χ0) is 13.7. The zero-order valence-corrected chi connectivity index (χ0v) is 12.0. The van der Waals surface area contributed by atoms with E-state index in [1.54, 1.807) is 4.90 Å². The summed E-state index contributed by atoms with van der Waals surface area (Å²) >= 11 is 0. The maximum absolute atomic E-state index is 12.3. The largest absolute Gasteiger partial charge is 0.343 e. The molecule has 1 rings (SSSR count). The highest BCUT2D eigenvalue weighted by molar-refractivity contribution is 5.94. The maximum atomic E-state index is 12.3. The molecule has 1 fully saturated rings. The van der Waals surface area contributed by atoms with Crippen LogP contribution in [0.15, 0.2) is 0 Å². The number of piperazine rings is 1. The molecule has 0 saturated carbocycles. The van der Waals surface area contributed by atoms with Crippen molar-refractivity contribution in [3.63, 3.8) is 0 Å². The second kappa shape index (κ2) is 6.76. The monoisotopic (exact) mass is 254 g/mol. The van der Waals surface area contributed by atoms with Crippen LogP contribution in [0.1, 0.15) is 53.4 Å². The summed E-state index contributed by atoms with van der Waals surface area (Å²) in [5.41, 5.74) is 0. The van der Waals surface area contributed by atoms with Crippen molar-refractivity contribution in [1.29, 1.82) is 0 Å². The Morgan fingerprint density at radius 2 is 1.94 bits per heavy atom. The molecule has 2 atom stereocenters. The fourth-order valence-corrected chi connectivity index (χ4v) is 2.32. The van der Waals surface area contributed by atoms with Gasteiger partial charge in [0.2, 0.25) is 11.8 Å². The van der Waals surface area contributed by atoms with E-state index in [1.807, 2.05) is 13.8 Å². The van der Waals surface area contributed by atoms with Gasteiger partial charge in [-0.2, -0.15) is 0 Å². The molecule has 1 heterocycles. The zero-order valence-electron chi connectivity index (χ0n) is 12.0. The van der Waals surface area contributed by atoms with Gasteiger partial charge in [-0.25, -0.2) is 0 Å². The van der Waals surface area contributed by atoms with Gasteiger partial charge < -0.3 is 10.2 Å². The lowest BCUT2D eigenvalue weighted by Gasteiger charge is -2.36. The Balaban J connectivity index is 2.61. The molecule has 0 aromatic carbocycles. The van der Waals surface area contributed by atoms with Gasteiger partial charge in [0.05, 0.1) is 6.54 Å². The minimum absolute atomic E-state index is 0.0237. The molecule has 0 aromatic rings. The number of carbonyl (C=O) groups excluding carboxylic acids is 2.